The second-order valence-electron chi connectivity index (χ2n) is 2.97. The second-order valence-corrected chi connectivity index (χ2v) is 3.76. The summed E-state index contributed by atoms with van der Waals surface area (Å²) in [5.74, 6) is 2.70. The van der Waals surface area contributed by atoms with Gasteiger partial charge in [-0.05, 0) is 37.5 Å². The van der Waals surface area contributed by atoms with Crippen LogP contribution in [0.5, 0.6) is 0 Å². The molecule has 62 valence electrons. The van der Waals surface area contributed by atoms with Crippen molar-refractivity contribution in [3.63, 3.8) is 0 Å². The van der Waals surface area contributed by atoms with E-state index in [4.69, 9.17) is 6.42 Å². The summed E-state index contributed by atoms with van der Waals surface area (Å²) in [6.45, 7) is 6.16. The normalized spacial score (nSPS) is 9.58. The van der Waals surface area contributed by atoms with E-state index in [-0.39, 0.29) is 0 Å². The lowest BCUT2D eigenvalue weighted by Crippen LogP contribution is -1.91. The number of aryl methyl sites for hydroxylation is 2. The number of terminal acetylenes is 1. The number of hydrogen-bond donors (Lipinski definition) is 0. The van der Waals surface area contributed by atoms with Gasteiger partial charge in [0, 0.05) is 10.0 Å². The number of rotatable bonds is 0. The van der Waals surface area contributed by atoms with Gasteiger partial charge in [-0.2, -0.15) is 0 Å². The number of hydrogen-bond acceptors (Lipinski definition) is 0. The van der Waals surface area contributed by atoms with Crippen LogP contribution in [0, 0.1) is 33.1 Å². The molecule has 0 spiro atoms. The van der Waals surface area contributed by atoms with Crippen LogP contribution in [0.25, 0.3) is 0 Å². The number of benzene rings is 1. The van der Waals surface area contributed by atoms with Gasteiger partial charge in [-0.25, -0.2) is 0 Å². The Bertz CT molecular complexity index is 356. The minimum atomic E-state index is 1.01. The van der Waals surface area contributed by atoms with Gasteiger partial charge < -0.3 is 0 Å². The largest absolute Gasteiger partial charge is 0.115 e. The van der Waals surface area contributed by atoms with Crippen LogP contribution in [-0.4, -0.2) is 0 Å². The smallest absolute Gasteiger partial charge is 0.0312 e. The van der Waals surface area contributed by atoms with Crippen LogP contribution in [0.15, 0.2) is 10.5 Å². The van der Waals surface area contributed by atoms with Gasteiger partial charge in [-0.3, -0.25) is 0 Å². The van der Waals surface area contributed by atoms with Crippen LogP contribution >= 0.6 is 15.9 Å². The Morgan fingerprint density at radius 3 is 2.33 bits per heavy atom. The summed E-state index contributed by atoms with van der Waals surface area (Å²) in [4.78, 5) is 0. The first-order chi connectivity index (χ1) is 5.57. The summed E-state index contributed by atoms with van der Waals surface area (Å²) < 4.78 is 1.13. The molecule has 0 bridgehead atoms. The molecule has 1 rings (SSSR count). The van der Waals surface area contributed by atoms with Gasteiger partial charge in [0.05, 0.1) is 0 Å². The highest BCUT2D eigenvalue weighted by atomic mass is 79.9. The highest BCUT2D eigenvalue weighted by molar-refractivity contribution is 9.10. The van der Waals surface area contributed by atoms with Gasteiger partial charge >= 0.3 is 0 Å². The van der Waals surface area contributed by atoms with Gasteiger partial charge in [-0.15, -0.1) is 6.42 Å². The van der Waals surface area contributed by atoms with E-state index < -0.39 is 0 Å². The van der Waals surface area contributed by atoms with E-state index in [1.54, 1.807) is 0 Å². The molecule has 1 heteroatoms. The third-order valence-electron chi connectivity index (χ3n) is 2.02. The maximum Gasteiger partial charge on any atom is 0.0312 e. The molecular formula is C11H11Br. The van der Waals surface area contributed by atoms with Crippen molar-refractivity contribution in [3.05, 3.63) is 32.8 Å². The Kier molecular flexibility index (Phi) is 2.59. The maximum absolute atomic E-state index is 5.40. The second kappa shape index (κ2) is 3.33. The van der Waals surface area contributed by atoms with E-state index in [0.717, 1.165) is 15.6 Å². The summed E-state index contributed by atoms with van der Waals surface area (Å²) in [5, 5.41) is 0. The fraction of sp³-hybridized carbons (Fsp3) is 0.273. The minimum Gasteiger partial charge on any atom is -0.115 e. The fourth-order valence-electron chi connectivity index (χ4n) is 1.38. The molecule has 0 nitrogen and oxygen atoms in total. The third kappa shape index (κ3) is 1.40. The van der Waals surface area contributed by atoms with E-state index in [1.807, 2.05) is 13.8 Å². The van der Waals surface area contributed by atoms with Crippen molar-refractivity contribution in [2.24, 2.45) is 0 Å². The zero-order chi connectivity index (χ0) is 9.30. The average molecular weight is 223 g/mol. The molecule has 0 amide bonds. The molecule has 0 N–H and O–H groups in total. The van der Waals surface area contributed by atoms with Gasteiger partial charge in [0.2, 0.25) is 0 Å². The maximum atomic E-state index is 5.40. The lowest BCUT2D eigenvalue weighted by atomic mass is 10.0. The van der Waals surface area contributed by atoms with Crippen molar-refractivity contribution >= 4 is 15.9 Å². The van der Waals surface area contributed by atoms with E-state index in [2.05, 4.69) is 34.8 Å². The SMILES string of the molecule is C#Cc1c(C)cc(C)c(Br)c1C. The quantitative estimate of drug-likeness (QED) is 0.591. The number of halogens is 1. The summed E-state index contributed by atoms with van der Waals surface area (Å²) in [6, 6.07) is 2.10. The molecule has 0 aliphatic rings. The lowest BCUT2D eigenvalue weighted by Gasteiger charge is -2.08. The lowest BCUT2D eigenvalue weighted by molar-refractivity contribution is 1.27. The Morgan fingerprint density at radius 2 is 1.83 bits per heavy atom. The standard InChI is InChI=1S/C11H11Br/c1-5-10-7(2)6-8(3)11(12)9(10)4/h1,6H,2-4H3. The molecule has 0 unspecified atom stereocenters. The summed E-state index contributed by atoms with van der Waals surface area (Å²) in [6.07, 6.45) is 5.40. The molecule has 12 heavy (non-hydrogen) atoms. The molecule has 0 heterocycles. The highest BCUT2D eigenvalue weighted by Gasteiger charge is 2.05. The van der Waals surface area contributed by atoms with Crippen LogP contribution in [0.1, 0.15) is 22.3 Å². The van der Waals surface area contributed by atoms with Crippen molar-refractivity contribution in [1.82, 2.24) is 0 Å². The van der Waals surface area contributed by atoms with E-state index in [0.29, 0.717) is 0 Å². The Labute approximate surface area is 82.1 Å². The Morgan fingerprint density at radius 1 is 1.25 bits per heavy atom. The van der Waals surface area contributed by atoms with Crippen LogP contribution in [-0.2, 0) is 0 Å². The molecule has 0 saturated carbocycles. The Balaban J connectivity index is 3.54. The first kappa shape index (κ1) is 9.35. The predicted molar refractivity (Wildman–Crippen MR) is 56.3 cm³/mol. The molecule has 0 saturated heterocycles. The van der Waals surface area contributed by atoms with Crippen LogP contribution < -0.4 is 0 Å². The van der Waals surface area contributed by atoms with Crippen molar-refractivity contribution in [2.45, 2.75) is 20.8 Å². The monoisotopic (exact) mass is 222 g/mol. The molecule has 0 aromatic heterocycles. The summed E-state index contributed by atoms with van der Waals surface area (Å²) >= 11 is 3.51. The van der Waals surface area contributed by atoms with Crippen molar-refractivity contribution in [2.75, 3.05) is 0 Å². The van der Waals surface area contributed by atoms with Crippen LogP contribution in [0.2, 0.25) is 0 Å². The summed E-state index contributed by atoms with van der Waals surface area (Å²) in [7, 11) is 0. The van der Waals surface area contributed by atoms with E-state index >= 15 is 0 Å². The van der Waals surface area contributed by atoms with E-state index in [9.17, 15) is 0 Å². The third-order valence-corrected chi connectivity index (χ3v) is 3.24. The molecule has 0 radical (unpaired) electrons. The molecule has 0 aliphatic carbocycles. The van der Waals surface area contributed by atoms with Gasteiger partial charge in [0.1, 0.15) is 0 Å². The van der Waals surface area contributed by atoms with Crippen LogP contribution in [0.4, 0.5) is 0 Å². The minimum absolute atomic E-state index is 1.01. The van der Waals surface area contributed by atoms with Crippen LogP contribution in [0.3, 0.4) is 0 Å². The first-order valence-corrected chi connectivity index (χ1v) is 4.60. The predicted octanol–water partition coefficient (Wildman–Crippen LogP) is 3.36. The summed E-state index contributed by atoms with van der Waals surface area (Å²) in [5.41, 5.74) is 4.59. The molecule has 0 atom stereocenters. The van der Waals surface area contributed by atoms with Gasteiger partial charge in [-0.1, -0.05) is 27.9 Å². The molecule has 1 aromatic carbocycles. The van der Waals surface area contributed by atoms with Gasteiger partial charge in [0.15, 0.2) is 0 Å². The molecule has 1 aromatic rings. The van der Waals surface area contributed by atoms with Crippen molar-refractivity contribution in [1.29, 1.82) is 0 Å². The zero-order valence-electron chi connectivity index (χ0n) is 7.53. The topological polar surface area (TPSA) is 0 Å². The first-order valence-electron chi connectivity index (χ1n) is 3.81. The van der Waals surface area contributed by atoms with Crippen molar-refractivity contribution in [3.8, 4) is 12.3 Å². The van der Waals surface area contributed by atoms with Crippen molar-refractivity contribution < 1.29 is 0 Å². The Hall–Kier alpha value is -0.740. The fourth-order valence-corrected chi connectivity index (χ4v) is 1.70. The van der Waals surface area contributed by atoms with Gasteiger partial charge in [0.25, 0.3) is 0 Å². The highest BCUT2D eigenvalue weighted by Crippen LogP contribution is 2.26. The molecule has 0 aliphatic heterocycles. The average Bonchev–Trinajstić information content (AvgIpc) is 2.01. The molecular weight excluding hydrogens is 212 g/mol. The van der Waals surface area contributed by atoms with E-state index in [1.165, 1.54) is 11.1 Å². The molecule has 0 fully saturated rings. The zero-order valence-corrected chi connectivity index (χ0v) is 9.12.